The maximum Gasteiger partial charge on any atom is 0.175 e. The molecule has 140 valence electrons. The number of benzene rings is 2. The van der Waals surface area contributed by atoms with Gasteiger partial charge in [0.25, 0.3) is 0 Å². The lowest BCUT2D eigenvalue weighted by molar-refractivity contribution is 0.573. The molecule has 0 saturated heterocycles. The van der Waals surface area contributed by atoms with Crippen LogP contribution < -0.4 is 10.6 Å². The van der Waals surface area contributed by atoms with E-state index in [2.05, 4.69) is 102 Å². The Morgan fingerprint density at radius 1 is 0.692 bits per heavy atom. The molecular weight excluding hydrogens is 336 g/mol. The van der Waals surface area contributed by atoms with Crippen molar-refractivity contribution in [2.75, 3.05) is 10.6 Å². The first-order chi connectivity index (χ1) is 11.9. The first-order valence-electron chi connectivity index (χ1n) is 9.19. The second-order valence-corrected chi connectivity index (χ2v) is 9.48. The first-order valence-corrected chi connectivity index (χ1v) is 9.60. The zero-order chi connectivity index (χ0) is 19.7. The summed E-state index contributed by atoms with van der Waals surface area (Å²) in [6.07, 6.45) is 0. The Kier molecular flexibility index (Phi) is 5.82. The highest BCUT2D eigenvalue weighted by atomic mass is 32.1. The van der Waals surface area contributed by atoms with Gasteiger partial charge in [0.05, 0.1) is 0 Å². The Morgan fingerprint density at radius 3 is 1.50 bits per heavy atom. The van der Waals surface area contributed by atoms with Crippen molar-refractivity contribution in [1.82, 2.24) is 0 Å². The normalized spacial score (nSPS) is 12.0. The van der Waals surface area contributed by atoms with E-state index in [1.807, 2.05) is 0 Å². The number of aryl methyl sites for hydroxylation is 2. The summed E-state index contributed by atoms with van der Waals surface area (Å²) in [6.45, 7) is 17.6. The predicted molar refractivity (Wildman–Crippen MR) is 120 cm³/mol. The number of hydrogen-bond donors (Lipinski definition) is 2. The second kappa shape index (κ2) is 7.40. The summed E-state index contributed by atoms with van der Waals surface area (Å²) in [5, 5.41) is 7.55. The van der Waals surface area contributed by atoms with E-state index in [0.717, 1.165) is 11.4 Å². The largest absolute Gasteiger partial charge is 0.332 e. The molecule has 0 bridgehead atoms. The maximum atomic E-state index is 5.68. The van der Waals surface area contributed by atoms with E-state index >= 15 is 0 Å². The van der Waals surface area contributed by atoms with Gasteiger partial charge in [-0.25, -0.2) is 0 Å². The lowest BCUT2D eigenvalue weighted by Crippen LogP contribution is -2.26. The molecule has 0 saturated carbocycles. The van der Waals surface area contributed by atoms with Crippen molar-refractivity contribution in [3.05, 3.63) is 58.7 Å². The number of thiocarbonyl (C=S) groups is 1. The van der Waals surface area contributed by atoms with E-state index in [1.54, 1.807) is 0 Å². The molecule has 0 radical (unpaired) electrons. The van der Waals surface area contributed by atoms with E-state index in [1.165, 1.54) is 22.3 Å². The summed E-state index contributed by atoms with van der Waals surface area (Å²) in [6, 6.07) is 12.8. The van der Waals surface area contributed by atoms with Crippen LogP contribution in [0.4, 0.5) is 11.4 Å². The van der Waals surface area contributed by atoms with E-state index < -0.39 is 0 Å². The number of nitrogens with one attached hydrogen (secondary N) is 2. The monoisotopic (exact) mass is 368 g/mol. The minimum Gasteiger partial charge on any atom is -0.332 e. The summed E-state index contributed by atoms with van der Waals surface area (Å²) in [5.41, 5.74) is 7.18. The molecule has 2 rings (SSSR count). The second-order valence-electron chi connectivity index (χ2n) is 9.07. The van der Waals surface area contributed by atoms with Crippen LogP contribution in [0.2, 0.25) is 0 Å². The molecule has 2 nitrogen and oxygen atoms in total. The van der Waals surface area contributed by atoms with Gasteiger partial charge < -0.3 is 10.6 Å². The average Bonchev–Trinajstić information content (AvgIpc) is 2.49. The van der Waals surface area contributed by atoms with E-state index in [0.29, 0.717) is 5.11 Å². The van der Waals surface area contributed by atoms with Crippen molar-refractivity contribution in [1.29, 1.82) is 0 Å². The molecule has 2 N–H and O–H groups in total. The van der Waals surface area contributed by atoms with Crippen molar-refractivity contribution in [3.8, 4) is 0 Å². The van der Waals surface area contributed by atoms with Crippen molar-refractivity contribution in [2.24, 2.45) is 0 Å². The minimum atomic E-state index is 0.0256. The summed E-state index contributed by atoms with van der Waals surface area (Å²) in [7, 11) is 0. The fraction of sp³-hybridized carbons (Fsp3) is 0.435. The van der Waals surface area contributed by atoms with E-state index in [-0.39, 0.29) is 10.8 Å². The SMILES string of the molecule is Cc1cccc(C)c1NC(=S)Nc1c(C(C)(C)C)cccc1C(C)(C)C. The van der Waals surface area contributed by atoms with Crippen molar-refractivity contribution < 1.29 is 0 Å². The van der Waals surface area contributed by atoms with Gasteiger partial charge in [-0.15, -0.1) is 0 Å². The fourth-order valence-electron chi connectivity index (χ4n) is 3.21. The smallest absolute Gasteiger partial charge is 0.175 e. The molecule has 3 heteroatoms. The number of para-hydroxylation sites is 2. The molecule has 0 aliphatic rings. The fourth-order valence-corrected chi connectivity index (χ4v) is 3.41. The van der Waals surface area contributed by atoms with Gasteiger partial charge in [-0.2, -0.15) is 0 Å². The zero-order valence-corrected chi connectivity index (χ0v) is 18.2. The zero-order valence-electron chi connectivity index (χ0n) is 17.4. The van der Waals surface area contributed by atoms with Crippen molar-refractivity contribution in [2.45, 2.75) is 66.2 Å². The van der Waals surface area contributed by atoms with E-state index in [4.69, 9.17) is 12.2 Å². The molecule has 0 atom stereocenters. The highest BCUT2D eigenvalue weighted by Gasteiger charge is 2.25. The molecule has 2 aromatic carbocycles. The maximum absolute atomic E-state index is 5.68. The van der Waals surface area contributed by atoms with Crippen LogP contribution in [0.1, 0.15) is 63.8 Å². The molecule has 0 fully saturated rings. The third kappa shape index (κ3) is 4.64. The number of hydrogen-bond acceptors (Lipinski definition) is 1. The topological polar surface area (TPSA) is 24.1 Å². The van der Waals surface area contributed by atoms with Crippen LogP contribution in [0.5, 0.6) is 0 Å². The van der Waals surface area contributed by atoms with Crippen LogP contribution in [0.3, 0.4) is 0 Å². The molecule has 0 unspecified atom stereocenters. The Bertz CT molecular complexity index is 755. The number of anilines is 2. The first kappa shape index (κ1) is 20.4. The third-order valence-corrected chi connectivity index (χ3v) is 4.84. The van der Waals surface area contributed by atoms with Crippen LogP contribution in [0.15, 0.2) is 36.4 Å². The van der Waals surface area contributed by atoms with Gasteiger partial charge in [-0.05, 0) is 59.1 Å². The Balaban J connectivity index is 2.43. The molecule has 0 spiro atoms. The van der Waals surface area contributed by atoms with Gasteiger partial charge in [-0.3, -0.25) is 0 Å². The molecule has 0 aliphatic heterocycles. The lowest BCUT2D eigenvalue weighted by Gasteiger charge is -2.30. The quantitative estimate of drug-likeness (QED) is 0.576. The minimum absolute atomic E-state index is 0.0256. The van der Waals surface area contributed by atoms with Crippen molar-refractivity contribution in [3.63, 3.8) is 0 Å². The van der Waals surface area contributed by atoms with Gasteiger partial charge in [0, 0.05) is 11.4 Å². The summed E-state index contributed by atoms with van der Waals surface area (Å²) in [4.78, 5) is 0. The molecule has 0 amide bonds. The van der Waals surface area contributed by atoms with Crippen LogP contribution in [0.25, 0.3) is 0 Å². The molecule has 0 aromatic heterocycles. The average molecular weight is 369 g/mol. The van der Waals surface area contributed by atoms with Gasteiger partial charge in [0.2, 0.25) is 0 Å². The van der Waals surface area contributed by atoms with Crippen LogP contribution >= 0.6 is 12.2 Å². The van der Waals surface area contributed by atoms with Gasteiger partial charge >= 0.3 is 0 Å². The van der Waals surface area contributed by atoms with E-state index in [9.17, 15) is 0 Å². The molecule has 0 aliphatic carbocycles. The summed E-state index contributed by atoms with van der Waals surface area (Å²) >= 11 is 5.68. The Labute approximate surface area is 164 Å². The highest BCUT2D eigenvalue weighted by molar-refractivity contribution is 7.80. The Morgan fingerprint density at radius 2 is 1.08 bits per heavy atom. The lowest BCUT2D eigenvalue weighted by atomic mass is 9.79. The third-order valence-electron chi connectivity index (χ3n) is 4.64. The Hall–Kier alpha value is -1.87. The van der Waals surface area contributed by atoms with Gasteiger partial charge in [0.15, 0.2) is 5.11 Å². The standard InChI is InChI=1S/C23H32N2S/c1-15-11-9-12-16(2)19(15)24-21(26)25-20-17(22(3,4)5)13-10-14-18(20)23(6,7)8/h9-14H,1-8H3,(H2,24,25,26). The van der Waals surface area contributed by atoms with Gasteiger partial charge in [-0.1, -0.05) is 77.9 Å². The van der Waals surface area contributed by atoms with Gasteiger partial charge in [0.1, 0.15) is 0 Å². The number of rotatable bonds is 2. The van der Waals surface area contributed by atoms with Crippen LogP contribution in [0, 0.1) is 13.8 Å². The highest BCUT2D eigenvalue weighted by Crippen LogP contribution is 2.38. The summed E-state index contributed by atoms with van der Waals surface area (Å²) < 4.78 is 0. The molecule has 2 aromatic rings. The summed E-state index contributed by atoms with van der Waals surface area (Å²) in [5.74, 6) is 0. The predicted octanol–water partition coefficient (Wildman–Crippen LogP) is 6.71. The molecule has 0 heterocycles. The van der Waals surface area contributed by atoms with Crippen LogP contribution in [-0.2, 0) is 10.8 Å². The molecular formula is C23H32N2S. The van der Waals surface area contributed by atoms with Crippen LogP contribution in [-0.4, -0.2) is 5.11 Å². The van der Waals surface area contributed by atoms with Crippen molar-refractivity contribution >= 4 is 28.7 Å². The molecule has 26 heavy (non-hydrogen) atoms.